The Labute approximate surface area is 96.0 Å². The van der Waals surface area contributed by atoms with Crippen LogP contribution in [0.2, 0.25) is 0 Å². The minimum absolute atomic E-state index is 0.0139. The van der Waals surface area contributed by atoms with Crippen LogP contribution < -0.4 is 10.6 Å². The Morgan fingerprint density at radius 2 is 2.06 bits per heavy atom. The van der Waals surface area contributed by atoms with Gasteiger partial charge in [-0.15, -0.1) is 0 Å². The summed E-state index contributed by atoms with van der Waals surface area (Å²) in [5.41, 5.74) is -0.164. The highest BCUT2D eigenvalue weighted by molar-refractivity contribution is 6.02. The Kier molecular flexibility index (Phi) is 3.06. The number of hydrogen-bond acceptors (Lipinski definition) is 2. The maximum atomic E-state index is 13.6. The van der Waals surface area contributed by atoms with E-state index in [2.05, 4.69) is 10.6 Å². The summed E-state index contributed by atoms with van der Waals surface area (Å²) >= 11 is 0. The van der Waals surface area contributed by atoms with Crippen LogP contribution in [0, 0.1) is 17.5 Å². The molecule has 0 spiro atoms. The van der Waals surface area contributed by atoms with E-state index in [-0.39, 0.29) is 11.3 Å². The zero-order valence-electron chi connectivity index (χ0n) is 9.11. The van der Waals surface area contributed by atoms with Crippen LogP contribution in [0.25, 0.3) is 0 Å². The average molecular weight is 244 g/mol. The summed E-state index contributed by atoms with van der Waals surface area (Å²) in [5.74, 6) is -4.68. The van der Waals surface area contributed by atoms with Gasteiger partial charge in [0.1, 0.15) is 6.04 Å². The lowest BCUT2D eigenvalue weighted by Crippen LogP contribution is -2.28. The van der Waals surface area contributed by atoms with Gasteiger partial charge < -0.3 is 10.6 Å². The topological polar surface area (TPSA) is 41.1 Å². The van der Waals surface area contributed by atoms with Crippen LogP contribution in [0.4, 0.5) is 18.9 Å². The molecule has 1 heterocycles. The summed E-state index contributed by atoms with van der Waals surface area (Å²) in [4.78, 5) is 11.5. The summed E-state index contributed by atoms with van der Waals surface area (Å²) in [6.07, 6.45) is 0.740. The van der Waals surface area contributed by atoms with E-state index in [1.54, 1.807) is 0 Å². The molecular formula is C11H11F3N2O. The molecule has 0 aromatic heterocycles. The number of benzene rings is 1. The van der Waals surface area contributed by atoms with Gasteiger partial charge in [-0.1, -0.05) is 6.92 Å². The fourth-order valence-electron chi connectivity index (χ4n) is 1.81. The lowest BCUT2D eigenvalue weighted by Gasteiger charge is -2.11. The van der Waals surface area contributed by atoms with Crippen molar-refractivity contribution in [2.24, 2.45) is 0 Å². The van der Waals surface area contributed by atoms with Crippen molar-refractivity contribution >= 4 is 11.6 Å². The molecule has 0 bridgehead atoms. The summed E-state index contributed by atoms with van der Waals surface area (Å²) < 4.78 is 39.6. The molecule has 0 saturated carbocycles. The number of nitrogens with one attached hydrogen (secondary N) is 2. The molecule has 1 aliphatic rings. The molecule has 1 aromatic rings. The van der Waals surface area contributed by atoms with Crippen LogP contribution in [0.5, 0.6) is 0 Å². The van der Waals surface area contributed by atoms with E-state index >= 15 is 0 Å². The molecule has 0 saturated heterocycles. The van der Waals surface area contributed by atoms with Crippen LogP contribution in [0.1, 0.15) is 24.9 Å². The van der Waals surface area contributed by atoms with Gasteiger partial charge in [-0.2, -0.15) is 0 Å². The summed E-state index contributed by atoms with van der Waals surface area (Å²) in [6.45, 7) is 2.36. The first kappa shape index (κ1) is 11.9. The second-order valence-corrected chi connectivity index (χ2v) is 3.82. The first-order valence-electron chi connectivity index (χ1n) is 5.28. The number of rotatable bonds is 3. The zero-order chi connectivity index (χ0) is 12.6. The van der Waals surface area contributed by atoms with E-state index in [9.17, 15) is 18.0 Å². The number of carbonyl (C=O) groups excluding carboxylic acids is 1. The van der Waals surface area contributed by atoms with Gasteiger partial charge in [-0.3, -0.25) is 4.79 Å². The summed E-state index contributed by atoms with van der Waals surface area (Å²) in [7, 11) is 0. The van der Waals surface area contributed by atoms with Gasteiger partial charge in [-0.05, 0) is 13.0 Å². The van der Waals surface area contributed by atoms with Crippen LogP contribution in [-0.2, 0) is 4.79 Å². The van der Waals surface area contributed by atoms with E-state index in [4.69, 9.17) is 0 Å². The standard InChI is InChI=1S/C11H11F3N2O/c1-2-3-15-10-7-6(16-11(10)17)4-5(12)8(13)9(7)14/h4,10,15H,2-3H2,1H3,(H,16,17). The van der Waals surface area contributed by atoms with Gasteiger partial charge in [0.15, 0.2) is 17.5 Å². The maximum absolute atomic E-state index is 13.6. The summed E-state index contributed by atoms with van der Waals surface area (Å²) in [6, 6.07) is -0.167. The SMILES string of the molecule is CCCNC1C(=O)Nc2cc(F)c(F)c(F)c21. The first-order chi connectivity index (χ1) is 8.06. The summed E-state index contributed by atoms with van der Waals surface area (Å²) in [5, 5.41) is 5.10. The lowest BCUT2D eigenvalue weighted by molar-refractivity contribution is -0.117. The smallest absolute Gasteiger partial charge is 0.246 e. The second kappa shape index (κ2) is 4.37. The highest BCUT2D eigenvalue weighted by Gasteiger charge is 2.35. The molecule has 1 amide bonds. The molecule has 3 nitrogen and oxygen atoms in total. The Balaban J connectivity index is 2.44. The highest BCUT2D eigenvalue weighted by Crippen LogP contribution is 2.35. The third-order valence-electron chi connectivity index (χ3n) is 2.61. The Bertz CT molecular complexity index is 476. The molecule has 92 valence electrons. The lowest BCUT2D eigenvalue weighted by atomic mass is 10.1. The van der Waals surface area contributed by atoms with Crippen molar-refractivity contribution in [3.63, 3.8) is 0 Å². The molecule has 0 radical (unpaired) electrons. The second-order valence-electron chi connectivity index (χ2n) is 3.82. The van der Waals surface area contributed by atoms with Crippen molar-refractivity contribution in [1.29, 1.82) is 0 Å². The van der Waals surface area contributed by atoms with Gasteiger partial charge in [0.2, 0.25) is 5.91 Å². The quantitative estimate of drug-likeness (QED) is 0.799. The predicted octanol–water partition coefficient (Wildman–Crippen LogP) is 2.10. The van der Waals surface area contributed by atoms with E-state index in [1.807, 2.05) is 6.92 Å². The molecule has 6 heteroatoms. The number of anilines is 1. The van der Waals surface area contributed by atoms with Crippen LogP contribution in [-0.4, -0.2) is 12.5 Å². The Morgan fingerprint density at radius 1 is 1.35 bits per heavy atom. The largest absolute Gasteiger partial charge is 0.324 e. The van der Waals surface area contributed by atoms with Crippen molar-refractivity contribution in [2.45, 2.75) is 19.4 Å². The molecule has 0 aliphatic carbocycles. The average Bonchev–Trinajstić information content (AvgIpc) is 2.59. The molecule has 2 rings (SSSR count). The third-order valence-corrected chi connectivity index (χ3v) is 2.61. The highest BCUT2D eigenvalue weighted by atomic mass is 19.2. The molecule has 1 atom stereocenters. The first-order valence-corrected chi connectivity index (χ1v) is 5.28. The van der Waals surface area contributed by atoms with Crippen LogP contribution in [0.3, 0.4) is 0 Å². The van der Waals surface area contributed by atoms with Crippen molar-refractivity contribution in [2.75, 3.05) is 11.9 Å². The fraction of sp³-hybridized carbons (Fsp3) is 0.364. The monoisotopic (exact) mass is 244 g/mol. The number of hydrogen-bond donors (Lipinski definition) is 2. The zero-order valence-corrected chi connectivity index (χ0v) is 9.11. The molecule has 0 fully saturated rings. The Hall–Kier alpha value is -1.56. The molecule has 17 heavy (non-hydrogen) atoms. The molecular weight excluding hydrogens is 233 g/mol. The third kappa shape index (κ3) is 1.88. The van der Waals surface area contributed by atoms with Gasteiger partial charge in [-0.25, -0.2) is 13.2 Å². The van der Waals surface area contributed by atoms with E-state index < -0.39 is 29.4 Å². The molecule has 1 aliphatic heterocycles. The van der Waals surface area contributed by atoms with Crippen LogP contribution in [0.15, 0.2) is 6.07 Å². The molecule has 1 unspecified atom stereocenters. The van der Waals surface area contributed by atoms with Gasteiger partial charge in [0.05, 0.1) is 5.69 Å². The minimum atomic E-state index is -1.55. The fourth-order valence-corrected chi connectivity index (χ4v) is 1.81. The van der Waals surface area contributed by atoms with Gasteiger partial charge >= 0.3 is 0 Å². The maximum Gasteiger partial charge on any atom is 0.246 e. The van der Waals surface area contributed by atoms with E-state index in [1.165, 1.54) is 0 Å². The van der Waals surface area contributed by atoms with Crippen molar-refractivity contribution in [3.05, 3.63) is 29.1 Å². The van der Waals surface area contributed by atoms with Gasteiger partial charge in [0, 0.05) is 11.6 Å². The van der Waals surface area contributed by atoms with Crippen LogP contribution >= 0.6 is 0 Å². The number of amides is 1. The predicted molar refractivity (Wildman–Crippen MR) is 56.0 cm³/mol. The van der Waals surface area contributed by atoms with Crippen molar-refractivity contribution in [1.82, 2.24) is 5.32 Å². The van der Waals surface area contributed by atoms with Crippen molar-refractivity contribution in [3.8, 4) is 0 Å². The van der Waals surface area contributed by atoms with Gasteiger partial charge in [0.25, 0.3) is 0 Å². The molecule has 1 aromatic carbocycles. The minimum Gasteiger partial charge on any atom is -0.324 e. The molecule has 2 N–H and O–H groups in total. The van der Waals surface area contributed by atoms with Crippen molar-refractivity contribution < 1.29 is 18.0 Å². The van der Waals surface area contributed by atoms with E-state index in [0.717, 1.165) is 12.5 Å². The number of carbonyl (C=O) groups is 1. The van der Waals surface area contributed by atoms with E-state index in [0.29, 0.717) is 6.54 Å². The Morgan fingerprint density at radius 3 is 2.71 bits per heavy atom. The number of fused-ring (bicyclic) bond motifs is 1. The normalized spacial score (nSPS) is 18.1. The number of halogens is 3.